The van der Waals surface area contributed by atoms with E-state index in [1.165, 1.54) is 6.42 Å². The van der Waals surface area contributed by atoms with E-state index in [4.69, 9.17) is 4.74 Å². The molecule has 0 radical (unpaired) electrons. The number of fused-ring (bicyclic) bond motifs is 2. The van der Waals surface area contributed by atoms with Gasteiger partial charge in [0.1, 0.15) is 3.23 Å². The van der Waals surface area contributed by atoms with Crippen molar-refractivity contribution in [3.05, 3.63) is 35.9 Å². The molecule has 2 heterocycles. The third-order valence-electron chi connectivity index (χ3n) is 6.42. The van der Waals surface area contributed by atoms with Gasteiger partial charge in [0.05, 0.1) is 18.1 Å². The van der Waals surface area contributed by atoms with Gasteiger partial charge in [0.15, 0.2) is 6.23 Å². The van der Waals surface area contributed by atoms with E-state index in [2.05, 4.69) is 31.9 Å². The monoisotopic (exact) mass is 425 g/mol. The van der Waals surface area contributed by atoms with E-state index in [-0.39, 0.29) is 32.2 Å². The van der Waals surface area contributed by atoms with Crippen LogP contribution in [0.1, 0.15) is 37.5 Å². The van der Waals surface area contributed by atoms with Gasteiger partial charge in [-0.2, -0.15) is 0 Å². The molecule has 0 aromatic heterocycles. The Kier molecular flexibility index (Phi) is 2.65. The average molecular weight is 427 g/mol. The summed E-state index contributed by atoms with van der Waals surface area (Å²) in [5.74, 6) is 0.275. The Morgan fingerprint density at radius 1 is 1.18 bits per heavy atom. The smallest absolute Gasteiger partial charge is 0.234 e. The topological polar surface area (TPSA) is 29.5 Å². The van der Waals surface area contributed by atoms with Gasteiger partial charge in [-0.1, -0.05) is 68.6 Å². The summed E-state index contributed by atoms with van der Waals surface area (Å²) in [6.07, 6.45) is 4.22. The molecular weight excluding hydrogens is 410 g/mol. The van der Waals surface area contributed by atoms with E-state index >= 15 is 0 Å². The minimum absolute atomic E-state index is 0.128. The molecule has 2 spiro atoms. The summed E-state index contributed by atoms with van der Waals surface area (Å²) in [5, 5.41) is 0. The number of ether oxygens (including phenoxy) is 1. The first-order valence-electron chi connectivity index (χ1n) is 7.92. The Bertz CT molecular complexity index is 658. The maximum absolute atomic E-state index is 13.4. The van der Waals surface area contributed by atoms with Gasteiger partial charge in [-0.3, -0.25) is 4.79 Å². The van der Waals surface area contributed by atoms with Crippen molar-refractivity contribution in [2.75, 3.05) is 6.61 Å². The number of hydrogen-bond acceptors (Lipinski definition) is 2. The van der Waals surface area contributed by atoms with Crippen LogP contribution in [0.15, 0.2) is 30.3 Å². The molecule has 4 aliphatic rings. The zero-order valence-corrected chi connectivity index (χ0v) is 15.3. The van der Waals surface area contributed by atoms with Crippen molar-refractivity contribution in [3.8, 4) is 0 Å². The van der Waals surface area contributed by atoms with Crippen LogP contribution in [0.4, 0.5) is 0 Å². The lowest BCUT2D eigenvalue weighted by atomic mass is 9.74. The summed E-state index contributed by atoms with van der Waals surface area (Å²) in [7, 11) is 0. The normalized spacial score (nSPS) is 40.1. The molecule has 2 saturated heterocycles. The lowest BCUT2D eigenvalue weighted by Crippen LogP contribution is -2.35. The molecule has 22 heavy (non-hydrogen) atoms. The van der Waals surface area contributed by atoms with Crippen LogP contribution in [0.5, 0.6) is 0 Å². The van der Waals surface area contributed by atoms with Crippen molar-refractivity contribution in [1.29, 1.82) is 0 Å². The first-order chi connectivity index (χ1) is 10.6. The summed E-state index contributed by atoms with van der Waals surface area (Å²) in [4.78, 5) is 15.4. The SMILES string of the molecule is O=C1N2C(CO[C@@H]2c2ccccc2)CC12C(Br)(Br)C21CCC1. The molecule has 3 nitrogen and oxygen atoms in total. The van der Waals surface area contributed by atoms with Gasteiger partial charge < -0.3 is 9.64 Å². The maximum atomic E-state index is 13.4. The first-order valence-corrected chi connectivity index (χ1v) is 9.51. The fraction of sp³-hybridized carbons (Fsp3) is 0.588. The molecule has 1 aromatic carbocycles. The molecule has 5 rings (SSSR count). The standard InChI is InChI=1S/C17H17Br2NO2/c18-17(19)15(7-4-8-15)16(17)9-12-10-22-13(20(12)14(16)21)11-5-2-1-3-6-11/h1-3,5-6,12-13H,4,7-10H2/t12?,13-,16?/m1/s1. The van der Waals surface area contributed by atoms with Gasteiger partial charge in [0, 0.05) is 11.0 Å². The fourth-order valence-electron chi connectivity index (χ4n) is 5.13. The molecule has 3 atom stereocenters. The van der Waals surface area contributed by atoms with E-state index in [0.29, 0.717) is 6.61 Å². The number of benzene rings is 1. The number of hydrogen-bond donors (Lipinski definition) is 0. The van der Waals surface area contributed by atoms with Crippen LogP contribution in [0.25, 0.3) is 0 Å². The summed E-state index contributed by atoms with van der Waals surface area (Å²) >= 11 is 7.71. The third kappa shape index (κ3) is 1.29. The molecule has 1 amide bonds. The van der Waals surface area contributed by atoms with Crippen molar-refractivity contribution in [1.82, 2.24) is 4.90 Å². The van der Waals surface area contributed by atoms with Gasteiger partial charge in [0.2, 0.25) is 5.91 Å². The number of alkyl halides is 2. The fourth-order valence-corrected chi connectivity index (χ4v) is 7.82. The number of carbonyl (C=O) groups excluding carboxylic acids is 1. The predicted molar refractivity (Wildman–Crippen MR) is 89.7 cm³/mol. The highest BCUT2D eigenvalue weighted by atomic mass is 79.9. The minimum Gasteiger partial charge on any atom is -0.352 e. The summed E-state index contributed by atoms with van der Waals surface area (Å²) in [6, 6.07) is 10.3. The van der Waals surface area contributed by atoms with Crippen LogP contribution < -0.4 is 0 Å². The highest BCUT2D eigenvalue weighted by molar-refractivity contribution is 9.25. The highest BCUT2D eigenvalue weighted by Gasteiger charge is 2.92. The van der Waals surface area contributed by atoms with Crippen LogP contribution in [0, 0.1) is 10.8 Å². The van der Waals surface area contributed by atoms with E-state index in [9.17, 15) is 4.79 Å². The summed E-state index contributed by atoms with van der Waals surface area (Å²) in [6.45, 7) is 0.652. The van der Waals surface area contributed by atoms with Gasteiger partial charge in [-0.15, -0.1) is 0 Å². The Labute approximate surface area is 146 Å². The van der Waals surface area contributed by atoms with E-state index in [1.54, 1.807) is 0 Å². The van der Waals surface area contributed by atoms with Crippen molar-refractivity contribution in [3.63, 3.8) is 0 Å². The molecule has 0 N–H and O–H groups in total. The van der Waals surface area contributed by atoms with Crippen molar-refractivity contribution in [2.45, 2.75) is 41.2 Å². The number of carbonyl (C=O) groups is 1. The molecule has 2 aliphatic carbocycles. The van der Waals surface area contributed by atoms with E-state index in [0.717, 1.165) is 24.8 Å². The molecule has 5 heteroatoms. The Hall–Kier alpha value is -0.390. The predicted octanol–water partition coefficient (Wildman–Crippen LogP) is 3.97. The van der Waals surface area contributed by atoms with E-state index < -0.39 is 0 Å². The molecule has 0 bridgehead atoms. The average Bonchev–Trinajstić information content (AvgIpc) is 2.77. The summed E-state index contributed by atoms with van der Waals surface area (Å²) < 4.78 is 5.75. The third-order valence-corrected chi connectivity index (χ3v) is 9.29. The van der Waals surface area contributed by atoms with E-state index in [1.807, 2.05) is 35.2 Å². The second-order valence-corrected chi connectivity index (χ2v) is 10.5. The zero-order chi connectivity index (χ0) is 15.2. The summed E-state index contributed by atoms with van der Waals surface area (Å²) in [5.41, 5.74) is 0.941. The van der Waals surface area contributed by atoms with Gasteiger partial charge in [0.25, 0.3) is 0 Å². The maximum Gasteiger partial charge on any atom is 0.234 e. The van der Waals surface area contributed by atoms with Gasteiger partial charge in [-0.25, -0.2) is 0 Å². The lowest BCUT2D eigenvalue weighted by Gasteiger charge is -2.30. The first kappa shape index (κ1) is 14.0. The highest BCUT2D eigenvalue weighted by Crippen LogP contribution is 2.90. The molecule has 2 aliphatic heterocycles. The lowest BCUT2D eigenvalue weighted by molar-refractivity contribution is -0.140. The van der Waals surface area contributed by atoms with Crippen LogP contribution in [-0.4, -0.2) is 26.7 Å². The molecule has 2 unspecified atom stereocenters. The number of nitrogens with zero attached hydrogens (tertiary/aromatic N) is 1. The van der Waals surface area contributed by atoms with Crippen molar-refractivity contribution < 1.29 is 9.53 Å². The van der Waals surface area contributed by atoms with Crippen LogP contribution in [0.3, 0.4) is 0 Å². The van der Waals surface area contributed by atoms with Crippen LogP contribution in [-0.2, 0) is 9.53 Å². The van der Waals surface area contributed by atoms with Gasteiger partial charge in [-0.05, 0) is 19.3 Å². The Morgan fingerprint density at radius 2 is 1.91 bits per heavy atom. The largest absolute Gasteiger partial charge is 0.352 e. The Balaban J connectivity index is 1.53. The molecule has 4 fully saturated rings. The molecule has 2 saturated carbocycles. The quantitative estimate of drug-likeness (QED) is 0.635. The van der Waals surface area contributed by atoms with Crippen molar-refractivity contribution in [2.24, 2.45) is 10.8 Å². The minimum atomic E-state index is -0.264. The van der Waals surface area contributed by atoms with Crippen LogP contribution >= 0.6 is 31.9 Å². The molecule has 1 aromatic rings. The Morgan fingerprint density at radius 3 is 2.50 bits per heavy atom. The zero-order valence-electron chi connectivity index (χ0n) is 12.1. The van der Waals surface area contributed by atoms with Crippen molar-refractivity contribution >= 4 is 37.8 Å². The number of rotatable bonds is 1. The molecular formula is C17H17Br2NO2. The van der Waals surface area contributed by atoms with Gasteiger partial charge >= 0.3 is 0 Å². The number of amides is 1. The molecule has 116 valence electrons. The van der Waals surface area contributed by atoms with Crippen LogP contribution in [0.2, 0.25) is 0 Å². The second kappa shape index (κ2) is 4.17. The number of halogens is 2. The second-order valence-electron chi connectivity index (χ2n) is 7.08.